The van der Waals surface area contributed by atoms with Crippen LogP contribution in [0.25, 0.3) is 0 Å². The highest BCUT2D eigenvalue weighted by atomic mass is 35.6. The number of hydrazone groups is 1. The smallest absolute Gasteiger partial charge is 0.258 e. The maximum absolute atomic E-state index is 13.1. The highest BCUT2D eigenvalue weighted by Crippen LogP contribution is 2.41. The van der Waals surface area contributed by atoms with E-state index in [1.807, 2.05) is 39.0 Å². The molecule has 0 bridgehead atoms. The number of amides is 2. The van der Waals surface area contributed by atoms with E-state index < -0.39 is 27.1 Å². The Morgan fingerprint density at radius 2 is 1.76 bits per heavy atom. The number of carbonyl (C=O) groups is 2. The molecule has 1 heterocycles. The molecule has 2 rings (SSSR count). The van der Waals surface area contributed by atoms with Gasteiger partial charge in [-0.15, -0.1) is 0 Å². The van der Waals surface area contributed by atoms with Gasteiger partial charge in [0.25, 0.3) is 5.91 Å². The second-order valence-electron chi connectivity index (χ2n) is 6.92. The van der Waals surface area contributed by atoms with Crippen LogP contribution >= 0.6 is 34.8 Å². The number of para-hydroxylation sites is 1. The number of benzene rings is 1. The Hall–Kier alpha value is -1.30. The van der Waals surface area contributed by atoms with Crippen LogP contribution in [-0.2, 0) is 9.59 Å². The first-order chi connectivity index (χ1) is 11.4. The van der Waals surface area contributed by atoms with Gasteiger partial charge in [0.1, 0.15) is 5.92 Å². The number of nitrogens with zero attached hydrogens (tertiary/aromatic N) is 2. The number of halogens is 3. The Kier molecular flexibility index (Phi) is 5.71. The molecule has 0 aliphatic carbocycles. The molecular weight excluding hydrogens is 385 g/mol. The molecule has 8 heteroatoms. The Morgan fingerprint density at radius 1 is 1.20 bits per heavy atom. The van der Waals surface area contributed by atoms with Crippen LogP contribution in [0, 0.1) is 11.3 Å². The lowest BCUT2D eigenvalue weighted by atomic mass is 9.79. The summed E-state index contributed by atoms with van der Waals surface area (Å²) in [6, 6.07) is 7.97. The van der Waals surface area contributed by atoms with Crippen molar-refractivity contribution in [3.05, 3.63) is 30.3 Å². The minimum Gasteiger partial charge on any atom is -0.348 e. The van der Waals surface area contributed by atoms with Crippen molar-refractivity contribution in [1.29, 1.82) is 0 Å². The van der Waals surface area contributed by atoms with Crippen LogP contribution in [0.4, 0.5) is 5.69 Å². The Bertz CT molecular complexity index is 693. The lowest BCUT2D eigenvalue weighted by Gasteiger charge is -2.33. The van der Waals surface area contributed by atoms with Crippen LogP contribution < -0.4 is 10.3 Å². The highest BCUT2D eigenvalue weighted by molar-refractivity contribution is 6.68. The Morgan fingerprint density at radius 3 is 2.20 bits per heavy atom. The van der Waals surface area contributed by atoms with Crippen molar-refractivity contribution in [2.75, 3.05) is 5.01 Å². The van der Waals surface area contributed by atoms with Crippen molar-refractivity contribution >= 4 is 58.0 Å². The topological polar surface area (TPSA) is 61.8 Å². The van der Waals surface area contributed by atoms with E-state index in [1.165, 1.54) is 11.9 Å². The van der Waals surface area contributed by atoms with E-state index in [0.29, 0.717) is 11.4 Å². The summed E-state index contributed by atoms with van der Waals surface area (Å²) in [7, 11) is 0. The van der Waals surface area contributed by atoms with E-state index in [4.69, 9.17) is 34.8 Å². The third kappa shape index (κ3) is 4.46. The summed E-state index contributed by atoms with van der Waals surface area (Å²) in [5.41, 5.74) is 0.699. The molecule has 2 atom stereocenters. The Balaban J connectivity index is 2.53. The molecule has 0 unspecified atom stereocenters. The van der Waals surface area contributed by atoms with E-state index in [2.05, 4.69) is 10.4 Å². The van der Waals surface area contributed by atoms with Gasteiger partial charge in [0.15, 0.2) is 0 Å². The van der Waals surface area contributed by atoms with Gasteiger partial charge in [-0.05, 0) is 12.1 Å². The monoisotopic (exact) mass is 403 g/mol. The van der Waals surface area contributed by atoms with Gasteiger partial charge in [0.2, 0.25) is 9.70 Å². The zero-order valence-corrected chi connectivity index (χ0v) is 16.7. The van der Waals surface area contributed by atoms with Gasteiger partial charge in [-0.3, -0.25) is 9.59 Å². The fraction of sp³-hybridized carbons (Fsp3) is 0.471. The van der Waals surface area contributed by atoms with E-state index in [9.17, 15) is 9.59 Å². The second kappa shape index (κ2) is 7.14. The molecule has 1 aromatic rings. The molecule has 0 saturated carbocycles. The lowest BCUT2D eigenvalue weighted by Crippen LogP contribution is -2.54. The zero-order valence-electron chi connectivity index (χ0n) is 14.4. The maximum Gasteiger partial charge on any atom is 0.258 e. The summed E-state index contributed by atoms with van der Waals surface area (Å²) in [5, 5.41) is 8.41. The van der Waals surface area contributed by atoms with Crippen molar-refractivity contribution in [1.82, 2.24) is 5.32 Å². The molecule has 1 N–H and O–H groups in total. The van der Waals surface area contributed by atoms with E-state index >= 15 is 0 Å². The van der Waals surface area contributed by atoms with Gasteiger partial charge in [-0.25, -0.2) is 5.01 Å². The lowest BCUT2D eigenvalue weighted by molar-refractivity contribution is -0.122. The molecule has 1 aliphatic heterocycles. The SMILES string of the molecule is CC(=O)N[C@@H]([C@@H]1C(=O)N(c2ccccc2)N=C1C(C)(C)C)C(Cl)(Cl)Cl. The zero-order chi connectivity index (χ0) is 19.0. The quantitative estimate of drug-likeness (QED) is 0.776. The van der Waals surface area contributed by atoms with Crippen molar-refractivity contribution in [2.24, 2.45) is 16.4 Å². The number of carbonyl (C=O) groups excluding carboxylic acids is 2. The van der Waals surface area contributed by atoms with Gasteiger partial charge in [-0.1, -0.05) is 73.8 Å². The van der Waals surface area contributed by atoms with Gasteiger partial charge in [-0.2, -0.15) is 5.10 Å². The minimum absolute atomic E-state index is 0.346. The van der Waals surface area contributed by atoms with Crippen LogP contribution in [0.15, 0.2) is 35.4 Å². The predicted octanol–water partition coefficient (Wildman–Crippen LogP) is 3.93. The number of rotatable bonds is 3. The van der Waals surface area contributed by atoms with E-state index in [0.717, 1.165) is 0 Å². The van der Waals surface area contributed by atoms with Crippen LogP contribution in [0.5, 0.6) is 0 Å². The maximum atomic E-state index is 13.1. The number of nitrogens with one attached hydrogen (secondary N) is 1. The molecule has 0 fully saturated rings. The molecule has 0 aromatic heterocycles. The fourth-order valence-corrected chi connectivity index (χ4v) is 3.25. The number of hydrogen-bond acceptors (Lipinski definition) is 3. The van der Waals surface area contributed by atoms with Gasteiger partial charge in [0, 0.05) is 12.3 Å². The Labute approximate surface area is 162 Å². The molecule has 0 saturated heterocycles. The first-order valence-electron chi connectivity index (χ1n) is 7.74. The molecule has 2 amide bonds. The molecular formula is C17H20Cl3N3O2. The standard InChI is InChI=1S/C17H20Cl3N3O2/c1-10(24)21-14(17(18,19)20)12-13(16(2,3)4)22-23(15(12)25)11-8-6-5-7-9-11/h5-9,12,14H,1-4H3,(H,21,24)/t12-,14+/m1/s1. The molecule has 1 aromatic carbocycles. The molecule has 0 radical (unpaired) electrons. The summed E-state index contributed by atoms with van der Waals surface area (Å²) in [6.07, 6.45) is 0. The van der Waals surface area contributed by atoms with Gasteiger partial charge >= 0.3 is 0 Å². The molecule has 136 valence electrons. The average molecular weight is 405 g/mol. The third-order valence-corrected chi connectivity index (χ3v) is 4.50. The third-order valence-electron chi connectivity index (χ3n) is 3.79. The summed E-state index contributed by atoms with van der Waals surface area (Å²) in [4.78, 5) is 24.7. The first kappa shape index (κ1) is 20.0. The number of hydrogen-bond donors (Lipinski definition) is 1. The summed E-state index contributed by atoms with van der Waals surface area (Å²) in [6.45, 7) is 7.07. The largest absolute Gasteiger partial charge is 0.348 e. The van der Waals surface area contributed by atoms with Gasteiger partial charge < -0.3 is 5.32 Å². The van der Waals surface area contributed by atoms with Crippen molar-refractivity contribution < 1.29 is 9.59 Å². The number of anilines is 1. The van der Waals surface area contributed by atoms with Crippen LogP contribution in [0.2, 0.25) is 0 Å². The average Bonchev–Trinajstić information content (AvgIpc) is 2.82. The van der Waals surface area contributed by atoms with Crippen LogP contribution in [0.3, 0.4) is 0 Å². The molecule has 0 spiro atoms. The summed E-state index contributed by atoms with van der Waals surface area (Å²) in [5.74, 6) is -1.62. The summed E-state index contributed by atoms with van der Waals surface area (Å²) < 4.78 is -1.87. The molecule has 1 aliphatic rings. The van der Waals surface area contributed by atoms with Crippen LogP contribution in [-0.4, -0.2) is 27.4 Å². The van der Waals surface area contributed by atoms with E-state index in [1.54, 1.807) is 12.1 Å². The number of alkyl halides is 3. The minimum atomic E-state index is -1.87. The predicted molar refractivity (Wildman–Crippen MR) is 102 cm³/mol. The molecule has 5 nitrogen and oxygen atoms in total. The van der Waals surface area contributed by atoms with Crippen molar-refractivity contribution in [2.45, 2.75) is 37.5 Å². The normalized spacial score (nSPS) is 19.6. The first-order valence-corrected chi connectivity index (χ1v) is 8.88. The van der Waals surface area contributed by atoms with E-state index in [-0.39, 0.29) is 5.91 Å². The summed E-state index contributed by atoms with van der Waals surface area (Å²) >= 11 is 18.3. The van der Waals surface area contributed by atoms with Gasteiger partial charge in [0.05, 0.1) is 17.4 Å². The van der Waals surface area contributed by atoms with Crippen molar-refractivity contribution in [3.63, 3.8) is 0 Å². The second-order valence-corrected chi connectivity index (χ2v) is 9.29. The fourth-order valence-electron chi connectivity index (χ4n) is 2.71. The molecule has 25 heavy (non-hydrogen) atoms. The highest BCUT2D eigenvalue weighted by Gasteiger charge is 2.52. The van der Waals surface area contributed by atoms with Crippen LogP contribution in [0.1, 0.15) is 27.7 Å². The van der Waals surface area contributed by atoms with Crippen molar-refractivity contribution in [3.8, 4) is 0 Å².